The quantitative estimate of drug-likeness (QED) is 0.546. The minimum absolute atomic E-state index is 0.105. The number of anilines is 2. The van der Waals surface area contributed by atoms with E-state index in [9.17, 15) is 9.18 Å². The number of nitrogens with zero attached hydrogens (tertiary/aromatic N) is 2. The van der Waals surface area contributed by atoms with Crippen molar-refractivity contribution in [1.82, 2.24) is 9.88 Å². The average molecular weight is 451 g/mol. The molecule has 2 aliphatic rings. The molecule has 0 bridgehead atoms. The van der Waals surface area contributed by atoms with Gasteiger partial charge in [0.25, 0.3) is 0 Å². The van der Waals surface area contributed by atoms with Crippen LogP contribution in [-0.2, 0) is 0 Å². The van der Waals surface area contributed by atoms with Crippen molar-refractivity contribution in [2.24, 2.45) is 5.92 Å². The van der Waals surface area contributed by atoms with Crippen molar-refractivity contribution < 1.29 is 13.9 Å². The number of carbonyl (C=O) groups excluding carboxylic acids is 1. The standard InChI is InChI=1S/C26H31FN4O2/c1-17-7-10-30(11-8-17)24-14-20(4-6-25(24)33-2)29-26(32)31-12-9-18(16-31)22-15-28-23-5-3-19(27)13-21(22)23/h3-6,13-15,17-18,28H,7-12,16H2,1-2H3,(H,29,32). The van der Waals surface area contributed by atoms with Crippen molar-refractivity contribution in [1.29, 1.82) is 0 Å². The second-order valence-electron chi connectivity index (χ2n) is 9.35. The topological polar surface area (TPSA) is 60.6 Å². The predicted octanol–water partition coefficient (Wildman–Crippen LogP) is 5.57. The van der Waals surface area contributed by atoms with Gasteiger partial charge in [0.15, 0.2) is 0 Å². The predicted molar refractivity (Wildman–Crippen MR) is 130 cm³/mol. The zero-order chi connectivity index (χ0) is 22.9. The maximum Gasteiger partial charge on any atom is 0.321 e. The summed E-state index contributed by atoms with van der Waals surface area (Å²) in [7, 11) is 1.69. The minimum atomic E-state index is -0.241. The van der Waals surface area contributed by atoms with Crippen LogP contribution in [0.5, 0.6) is 5.75 Å². The zero-order valence-corrected chi connectivity index (χ0v) is 19.2. The van der Waals surface area contributed by atoms with Gasteiger partial charge in [0, 0.05) is 54.9 Å². The lowest BCUT2D eigenvalue weighted by Crippen LogP contribution is -2.34. The summed E-state index contributed by atoms with van der Waals surface area (Å²) in [5.41, 5.74) is 3.80. The highest BCUT2D eigenvalue weighted by Crippen LogP contribution is 2.35. The van der Waals surface area contributed by atoms with Crippen LogP contribution in [-0.4, -0.2) is 49.2 Å². The molecule has 2 saturated heterocycles. The van der Waals surface area contributed by atoms with E-state index in [2.05, 4.69) is 22.1 Å². The number of piperidine rings is 1. The Morgan fingerprint density at radius 1 is 1.12 bits per heavy atom. The van der Waals surface area contributed by atoms with E-state index in [-0.39, 0.29) is 17.8 Å². The van der Waals surface area contributed by atoms with Gasteiger partial charge in [-0.15, -0.1) is 0 Å². The molecule has 2 N–H and O–H groups in total. The molecule has 6 nitrogen and oxygen atoms in total. The van der Waals surface area contributed by atoms with Gasteiger partial charge in [0.05, 0.1) is 12.8 Å². The first-order chi connectivity index (χ1) is 16.0. The third-order valence-electron chi connectivity index (χ3n) is 7.15. The molecule has 0 saturated carbocycles. The van der Waals surface area contributed by atoms with Crippen LogP contribution in [0.1, 0.15) is 37.7 Å². The first-order valence-electron chi connectivity index (χ1n) is 11.8. The zero-order valence-electron chi connectivity index (χ0n) is 19.2. The Hall–Kier alpha value is -3.22. The lowest BCUT2D eigenvalue weighted by Gasteiger charge is -2.33. The summed E-state index contributed by atoms with van der Waals surface area (Å²) >= 11 is 0. The normalized spacial score (nSPS) is 19.3. The number of aromatic amines is 1. The Labute approximate surface area is 193 Å². The van der Waals surface area contributed by atoms with Crippen LogP contribution in [0.2, 0.25) is 0 Å². The van der Waals surface area contributed by atoms with Crippen molar-refractivity contribution in [2.75, 3.05) is 43.5 Å². The van der Waals surface area contributed by atoms with Crippen LogP contribution >= 0.6 is 0 Å². The number of hydrogen-bond donors (Lipinski definition) is 2. The number of carbonyl (C=O) groups is 1. The Bertz CT molecular complexity index is 1150. The largest absolute Gasteiger partial charge is 0.495 e. The SMILES string of the molecule is COc1ccc(NC(=O)N2CCC(c3c[nH]c4ccc(F)cc34)C2)cc1N1CCC(C)CC1. The summed E-state index contributed by atoms with van der Waals surface area (Å²) in [5, 5.41) is 3.97. The number of methoxy groups -OCH3 is 1. The summed E-state index contributed by atoms with van der Waals surface area (Å²) in [6.45, 7) is 5.57. The molecule has 7 heteroatoms. The molecule has 0 aliphatic carbocycles. The molecule has 3 heterocycles. The van der Waals surface area contributed by atoms with Crippen molar-refractivity contribution in [3.63, 3.8) is 0 Å². The van der Waals surface area contributed by atoms with E-state index in [0.717, 1.165) is 71.9 Å². The number of urea groups is 1. The highest BCUT2D eigenvalue weighted by atomic mass is 19.1. The molecule has 174 valence electrons. The van der Waals surface area contributed by atoms with E-state index in [4.69, 9.17) is 4.74 Å². The van der Waals surface area contributed by atoms with Gasteiger partial charge in [-0.05, 0) is 67.1 Å². The first-order valence-corrected chi connectivity index (χ1v) is 11.8. The monoisotopic (exact) mass is 450 g/mol. The summed E-state index contributed by atoms with van der Waals surface area (Å²) in [4.78, 5) is 20.4. The van der Waals surface area contributed by atoms with Gasteiger partial charge in [-0.25, -0.2) is 9.18 Å². The summed E-state index contributed by atoms with van der Waals surface area (Å²) < 4.78 is 19.4. The highest BCUT2D eigenvalue weighted by molar-refractivity contribution is 5.91. The number of aromatic nitrogens is 1. The molecular weight excluding hydrogens is 419 g/mol. The number of H-pyrrole nitrogens is 1. The summed E-state index contributed by atoms with van der Waals surface area (Å²) in [6.07, 6.45) is 5.13. The molecule has 0 spiro atoms. The van der Waals surface area contributed by atoms with Crippen molar-refractivity contribution >= 4 is 28.3 Å². The molecule has 2 aromatic carbocycles. The molecular formula is C26H31FN4O2. The lowest BCUT2D eigenvalue weighted by molar-refractivity contribution is 0.222. The van der Waals surface area contributed by atoms with Gasteiger partial charge in [-0.3, -0.25) is 0 Å². The van der Waals surface area contributed by atoms with E-state index < -0.39 is 0 Å². The third kappa shape index (κ3) is 4.36. The second-order valence-corrected chi connectivity index (χ2v) is 9.35. The van der Waals surface area contributed by atoms with E-state index in [0.29, 0.717) is 13.1 Å². The molecule has 1 aromatic heterocycles. The van der Waals surface area contributed by atoms with Gasteiger partial charge in [-0.1, -0.05) is 6.92 Å². The molecule has 1 unspecified atom stereocenters. The Balaban J connectivity index is 1.28. The maximum absolute atomic E-state index is 13.8. The number of fused-ring (bicyclic) bond motifs is 1. The average Bonchev–Trinajstić information content (AvgIpc) is 3.46. The van der Waals surface area contributed by atoms with E-state index in [1.54, 1.807) is 19.2 Å². The van der Waals surface area contributed by atoms with Crippen LogP contribution in [0.25, 0.3) is 10.9 Å². The van der Waals surface area contributed by atoms with Gasteiger partial charge in [0.1, 0.15) is 11.6 Å². The highest BCUT2D eigenvalue weighted by Gasteiger charge is 2.29. The Morgan fingerprint density at radius 3 is 2.73 bits per heavy atom. The van der Waals surface area contributed by atoms with Crippen LogP contribution in [0.15, 0.2) is 42.6 Å². The summed E-state index contributed by atoms with van der Waals surface area (Å²) in [5.74, 6) is 1.52. The minimum Gasteiger partial charge on any atom is -0.495 e. The van der Waals surface area contributed by atoms with E-state index >= 15 is 0 Å². The number of halogens is 1. The fourth-order valence-corrected chi connectivity index (χ4v) is 5.12. The van der Waals surface area contributed by atoms with Crippen LogP contribution in [0.3, 0.4) is 0 Å². The van der Waals surface area contributed by atoms with Crippen LogP contribution in [0.4, 0.5) is 20.6 Å². The molecule has 3 aromatic rings. The number of ether oxygens (including phenoxy) is 1. The molecule has 1 atom stereocenters. The maximum atomic E-state index is 13.8. The number of hydrogen-bond acceptors (Lipinski definition) is 3. The van der Waals surface area contributed by atoms with Crippen molar-refractivity contribution in [2.45, 2.75) is 32.1 Å². The van der Waals surface area contributed by atoms with Crippen molar-refractivity contribution in [3.8, 4) is 5.75 Å². The van der Waals surface area contributed by atoms with Gasteiger partial charge >= 0.3 is 6.03 Å². The Kier molecular flexibility index (Phi) is 5.87. The Morgan fingerprint density at radius 2 is 1.94 bits per heavy atom. The van der Waals surface area contributed by atoms with Gasteiger partial charge in [-0.2, -0.15) is 0 Å². The smallest absolute Gasteiger partial charge is 0.321 e. The van der Waals surface area contributed by atoms with E-state index in [1.807, 2.05) is 29.3 Å². The van der Waals surface area contributed by atoms with Gasteiger partial charge in [0.2, 0.25) is 0 Å². The first kappa shape index (κ1) is 21.6. The number of amides is 2. The molecule has 5 rings (SSSR count). The second kappa shape index (κ2) is 8.96. The van der Waals surface area contributed by atoms with Crippen molar-refractivity contribution in [3.05, 3.63) is 54.0 Å². The van der Waals surface area contributed by atoms with Crippen LogP contribution < -0.4 is 15.0 Å². The molecule has 2 aliphatic heterocycles. The van der Waals surface area contributed by atoms with Crippen LogP contribution in [0, 0.1) is 11.7 Å². The molecule has 2 amide bonds. The lowest BCUT2D eigenvalue weighted by atomic mass is 9.98. The molecule has 0 radical (unpaired) electrons. The fourth-order valence-electron chi connectivity index (χ4n) is 5.12. The number of benzene rings is 2. The number of rotatable bonds is 4. The van der Waals surface area contributed by atoms with Gasteiger partial charge < -0.3 is 24.8 Å². The molecule has 33 heavy (non-hydrogen) atoms. The fraction of sp³-hybridized carbons (Fsp3) is 0.423. The molecule has 2 fully saturated rings. The summed E-state index contributed by atoms with van der Waals surface area (Å²) in [6, 6.07) is 10.5. The number of nitrogens with one attached hydrogen (secondary N) is 2. The van der Waals surface area contributed by atoms with E-state index in [1.165, 1.54) is 6.07 Å². The third-order valence-corrected chi connectivity index (χ3v) is 7.15. The number of likely N-dealkylation sites (tertiary alicyclic amines) is 1.